The largest absolute Gasteiger partial charge is 0.370 e. The van der Waals surface area contributed by atoms with Gasteiger partial charge in [0.2, 0.25) is 0 Å². The van der Waals surface area contributed by atoms with E-state index in [0.717, 1.165) is 23.8 Å². The molecule has 0 fully saturated rings. The van der Waals surface area contributed by atoms with Gasteiger partial charge < -0.3 is 5.32 Å². The Hall–Kier alpha value is -1.49. The molecule has 0 saturated carbocycles. The van der Waals surface area contributed by atoms with Crippen molar-refractivity contribution in [1.82, 2.24) is 15.0 Å². The first-order chi connectivity index (χ1) is 6.95. The third-order valence-electron chi connectivity index (χ3n) is 1.71. The second kappa shape index (κ2) is 4.66. The highest BCUT2D eigenvalue weighted by Crippen LogP contribution is 2.05. The lowest BCUT2D eigenvalue weighted by molar-refractivity contribution is 0.982. The van der Waals surface area contributed by atoms with Gasteiger partial charge >= 0.3 is 0 Å². The summed E-state index contributed by atoms with van der Waals surface area (Å²) in [6.07, 6.45) is 6.01. The summed E-state index contributed by atoms with van der Waals surface area (Å²) < 4.78 is 0. The summed E-state index contributed by atoms with van der Waals surface area (Å²) in [5, 5.41) is 6.33. The normalized spacial score (nSPS) is 10.0. The number of rotatable bonds is 4. The van der Waals surface area contributed by atoms with Gasteiger partial charge in [-0.2, -0.15) is 0 Å². The third-order valence-corrected chi connectivity index (χ3v) is 2.55. The molecule has 5 heteroatoms. The summed E-state index contributed by atoms with van der Waals surface area (Å²) >= 11 is 1.67. The molecule has 0 aliphatic heterocycles. The fourth-order valence-electron chi connectivity index (χ4n) is 1.07. The summed E-state index contributed by atoms with van der Waals surface area (Å²) in [4.78, 5) is 12.1. The lowest BCUT2D eigenvalue weighted by Crippen LogP contribution is -2.05. The van der Waals surface area contributed by atoms with Crippen LogP contribution in [0.15, 0.2) is 30.2 Å². The van der Waals surface area contributed by atoms with Crippen LogP contribution >= 0.6 is 11.3 Å². The van der Waals surface area contributed by atoms with E-state index in [-0.39, 0.29) is 0 Å². The quantitative estimate of drug-likeness (QED) is 0.825. The zero-order chi connectivity index (χ0) is 9.64. The number of hydrogen-bond acceptors (Lipinski definition) is 5. The molecule has 2 heterocycles. The molecule has 14 heavy (non-hydrogen) atoms. The molecule has 1 N–H and O–H groups in total. The molecule has 0 amide bonds. The summed E-state index contributed by atoms with van der Waals surface area (Å²) in [5.41, 5.74) is 0. The summed E-state index contributed by atoms with van der Waals surface area (Å²) in [5.74, 6) is 0.858. The number of nitrogens with one attached hydrogen (secondary N) is 1. The molecule has 2 aromatic rings. The first-order valence-corrected chi connectivity index (χ1v) is 5.21. The first kappa shape index (κ1) is 9.08. The van der Waals surface area contributed by atoms with Crippen LogP contribution in [0.2, 0.25) is 0 Å². The van der Waals surface area contributed by atoms with Gasteiger partial charge in [-0.1, -0.05) is 0 Å². The second-order valence-corrected chi connectivity index (χ2v) is 3.68. The Morgan fingerprint density at radius 1 is 1.29 bits per heavy atom. The molecule has 0 saturated heterocycles. The average Bonchev–Trinajstić information content (AvgIpc) is 2.72. The number of nitrogens with zero attached hydrogens (tertiary/aromatic N) is 3. The lowest BCUT2D eigenvalue weighted by Gasteiger charge is -2.01. The van der Waals surface area contributed by atoms with Crippen LogP contribution in [0.25, 0.3) is 0 Å². The van der Waals surface area contributed by atoms with Crippen molar-refractivity contribution in [2.24, 2.45) is 0 Å². The highest BCUT2D eigenvalue weighted by molar-refractivity contribution is 7.09. The third kappa shape index (κ3) is 2.50. The monoisotopic (exact) mass is 206 g/mol. The van der Waals surface area contributed by atoms with Crippen LogP contribution in [0.5, 0.6) is 0 Å². The Morgan fingerprint density at radius 2 is 2.29 bits per heavy atom. The minimum absolute atomic E-state index is 0.852. The molecule has 0 aliphatic rings. The van der Waals surface area contributed by atoms with E-state index in [4.69, 9.17) is 0 Å². The minimum Gasteiger partial charge on any atom is -0.370 e. The van der Waals surface area contributed by atoms with Crippen molar-refractivity contribution < 1.29 is 0 Å². The molecule has 0 atom stereocenters. The number of aromatic nitrogens is 3. The van der Waals surface area contributed by atoms with Crippen LogP contribution < -0.4 is 5.32 Å². The van der Waals surface area contributed by atoms with E-state index in [2.05, 4.69) is 20.3 Å². The van der Waals surface area contributed by atoms with E-state index in [1.165, 1.54) is 6.33 Å². The number of anilines is 1. The predicted molar refractivity (Wildman–Crippen MR) is 56.3 cm³/mol. The standard InChI is InChI=1S/C9H10N4S/c1-3-10-7-13-8(1)11-4-2-9-12-5-6-14-9/h1,3,5-7H,2,4H2,(H,10,11,13). The highest BCUT2D eigenvalue weighted by Gasteiger charge is 1.95. The molecule has 0 unspecified atom stereocenters. The minimum atomic E-state index is 0.852. The van der Waals surface area contributed by atoms with Crippen molar-refractivity contribution in [3.63, 3.8) is 0 Å². The van der Waals surface area contributed by atoms with Crippen LogP contribution in [0, 0.1) is 0 Å². The number of thiazole rings is 1. The predicted octanol–water partition coefficient (Wildman–Crippen LogP) is 1.59. The Labute approximate surface area is 86.1 Å². The van der Waals surface area contributed by atoms with E-state index >= 15 is 0 Å². The molecular formula is C9H10N4S. The molecule has 72 valence electrons. The van der Waals surface area contributed by atoms with E-state index in [0.29, 0.717) is 0 Å². The van der Waals surface area contributed by atoms with Crippen LogP contribution in [0.4, 0.5) is 5.82 Å². The SMILES string of the molecule is c1cc(NCCc2nccs2)ncn1. The van der Waals surface area contributed by atoms with Gasteiger partial charge in [-0.25, -0.2) is 15.0 Å². The average molecular weight is 206 g/mol. The summed E-state index contributed by atoms with van der Waals surface area (Å²) in [6, 6.07) is 1.85. The molecule has 0 bridgehead atoms. The molecule has 2 aromatic heterocycles. The van der Waals surface area contributed by atoms with Gasteiger partial charge in [0.1, 0.15) is 12.1 Å². The van der Waals surface area contributed by atoms with Crippen molar-refractivity contribution in [1.29, 1.82) is 0 Å². The number of hydrogen-bond donors (Lipinski definition) is 1. The van der Waals surface area contributed by atoms with E-state index in [9.17, 15) is 0 Å². The van der Waals surface area contributed by atoms with Crippen LogP contribution in [0.3, 0.4) is 0 Å². The van der Waals surface area contributed by atoms with Gasteiger partial charge in [0, 0.05) is 30.7 Å². The smallest absolute Gasteiger partial charge is 0.129 e. The summed E-state index contributed by atoms with van der Waals surface area (Å²) in [7, 11) is 0. The van der Waals surface area contributed by atoms with E-state index in [1.807, 2.05) is 17.6 Å². The Balaban J connectivity index is 1.79. The zero-order valence-corrected chi connectivity index (χ0v) is 8.37. The van der Waals surface area contributed by atoms with Crippen LogP contribution in [-0.2, 0) is 6.42 Å². The Kier molecular flexibility index (Phi) is 3.03. The van der Waals surface area contributed by atoms with Crippen molar-refractivity contribution in [2.75, 3.05) is 11.9 Å². The molecule has 0 spiro atoms. The van der Waals surface area contributed by atoms with Gasteiger partial charge in [0.05, 0.1) is 5.01 Å². The molecule has 4 nitrogen and oxygen atoms in total. The fourth-order valence-corrected chi connectivity index (χ4v) is 1.69. The summed E-state index contributed by atoms with van der Waals surface area (Å²) in [6.45, 7) is 0.852. The highest BCUT2D eigenvalue weighted by atomic mass is 32.1. The van der Waals surface area contributed by atoms with Crippen molar-refractivity contribution in [3.05, 3.63) is 35.2 Å². The fraction of sp³-hybridized carbons (Fsp3) is 0.222. The maximum absolute atomic E-state index is 4.19. The van der Waals surface area contributed by atoms with Gasteiger partial charge in [-0.3, -0.25) is 0 Å². The molecule has 2 rings (SSSR count). The van der Waals surface area contributed by atoms with Gasteiger partial charge in [-0.05, 0) is 6.07 Å². The topological polar surface area (TPSA) is 50.7 Å². The molecular weight excluding hydrogens is 196 g/mol. The van der Waals surface area contributed by atoms with Crippen molar-refractivity contribution >= 4 is 17.2 Å². The maximum atomic E-state index is 4.19. The van der Waals surface area contributed by atoms with E-state index < -0.39 is 0 Å². The van der Waals surface area contributed by atoms with Crippen molar-refractivity contribution in [3.8, 4) is 0 Å². The first-order valence-electron chi connectivity index (χ1n) is 4.33. The molecule has 0 aliphatic carbocycles. The zero-order valence-electron chi connectivity index (χ0n) is 7.55. The molecule has 0 aromatic carbocycles. The van der Waals surface area contributed by atoms with Gasteiger partial charge in [0.15, 0.2) is 0 Å². The van der Waals surface area contributed by atoms with Crippen LogP contribution in [-0.4, -0.2) is 21.5 Å². The van der Waals surface area contributed by atoms with E-state index in [1.54, 1.807) is 17.5 Å². The second-order valence-electron chi connectivity index (χ2n) is 2.70. The van der Waals surface area contributed by atoms with Gasteiger partial charge in [0.25, 0.3) is 0 Å². The maximum Gasteiger partial charge on any atom is 0.129 e. The van der Waals surface area contributed by atoms with Crippen molar-refractivity contribution in [2.45, 2.75) is 6.42 Å². The Morgan fingerprint density at radius 3 is 3.00 bits per heavy atom. The Bertz CT molecular complexity index is 360. The van der Waals surface area contributed by atoms with Crippen LogP contribution in [0.1, 0.15) is 5.01 Å². The van der Waals surface area contributed by atoms with Gasteiger partial charge in [-0.15, -0.1) is 11.3 Å². The lowest BCUT2D eigenvalue weighted by atomic mass is 10.4. The molecule has 0 radical (unpaired) electrons.